The van der Waals surface area contributed by atoms with E-state index < -0.39 is 5.76 Å². The molecule has 0 aliphatic carbocycles. The largest absolute Gasteiger partial charge is 0.417 e. The zero-order chi connectivity index (χ0) is 15.0. The molecular weight excluding hydrogens is 339 g/mol. The topological polar surface area (TPSA) is 58.0 Å². The molecule has 108 valence electrons. The van der Waals surface area contributed by atoms with Gasteiger partial charge in [0, 0.05) is 4.47 Å². The van der Waals surface area contributed by atoms with E-state index >= 15 is 0 Å². The molecule has 1 heterocycles. The molecule has 0 radical (unpaired) electrons. The van der Waals surface area contributed by atoms with Gasteiger partial charge < -0.3 is 9.73 Å². The van der Waals surface area contributed by atoms with Crippen molar-refractivity contribution in [1.82, 2.24) is 10.3 Å². The van der Waals surface area contributed by atoms with Gasteiger partial charge in [-0.25, -0.2) is 9.18 Å². The molecule has 2 aromatic carbocycles. The van der Waals surface area contributed by atoms with Crippen molar-refractivity contribution in [3.63, 3.8) is 0 Å². The van der Waals surface area contributed by atoms with Crippen molar-refractivity contribution in [1.29, 1.82) is 0 Å². The lowest BCUT2D eigenvalue weighted by Gasteiger charge is -2.18. The van der Waals surface area contributed by atoms with Crippen LogP contribution in [0.5, 0.6) is 0 Å². The molecule has 0 aliphatic heterocycles. The summed E-state index contributed by atoms with van der Waals surface area (Å²) in [7, 11) is 1.79. The second-order valence-electron chi connectivity index (χ2n) is 4.66. The molecule has 0 amide bonds. The normalized spacial score (nSPS) is 12.7. The summed E-state index contributed by atoms with van der Waals surface area (Å²) in [6.07, 6.45) is 0. The third kappa shape index (κ3) is 2.64. The molecule has 0 saturated carbocycles. The van der Waals surface area contributed by atoms with Gasteiger partial charge in [-0.15, -0.1) is 0 Å². The Balaban J connectivity index is 2.12. The minimum atomic E-state index is -0.491. The van der Waals surface area contributed by atoms with Gasteiger partial charge in [-0.05, 0) is 48.5 Å². The molecule has 0 spiro atoms. The van der Waals surface area contributed by atoms with Crippen LogP contribution in [0.4, 0.5) is 4.39 Å². The van der Waals surface area contributed by atoms with Crippen molar-refractivity contribution in [3.05, 3.63) is 68.4 Å². The van der Waals surface area contributed by atoms with Crippen LogP contribution in [0.15, 0.2) is 50.1 Å². The van der Waals surface area contributed by atoms with E-state index in [0.717, 1.165) is 15.6 Å². The number of hydrogen-bond acceptors (Lipinski definition) is 3. The van der Waals surface area contributed by atoms with Crippen molar-refractivity contribution in [2.75, 3.05) is 7.05 Å². The van der Waals surface area contributed by atoms with Crippen LogP contribution in [-0.2, 0) is 0 Å². The van der Waals surface area contributed by atoms with Gasteiger partial charge in [0.15, 0.2) is 5.58 Å². The first-order chi connectivity index (χ1) is 10.1. The lowest BCUT2D eigenvalue weighted by atomic mass is 9.98. The van der Waals surface area contributed by atoms with E-state index in [1.165, 1.54) is 12.1 Å². The number of H-pyrrole nitrogens is 1. The average Bonchev–Trinajstić information content (AvgIpc) is 2.83. The van der Waals surface area contributed by atoms with Gasteiger partial charge in [0.25, 0.3) is 0 Å². The first kappa shape index (κ1) is 14.0. The third-order valence-electron chi connectivity index (χ3n) is 3.34. The fourth-order valence-corrected chi connectivity index (χ4v) is 2.85. The lowest BCUT2D eigenvalue weighted by molar-refractivity contribution is 0.554. The van der Waals surface area contributed by atoms with Crippen molar-refractivity contribution < 1.29 is 8.81 Å². The van der Waals surface area contributed by atoms with Gasteiger partial charge in [0.2, 0.25) is 0 Å². The second kappa shape index (κ2) is 5.46. The first-order valence-corrected chi connectivity index (χ1v) is 7.13. The molecule has 0 fully saturated rings. The number of aromatic nitrogens is 1. The Morgan fingerprint density at radius 1 is 1.29 bits per heavy atom. The minimum Gasteiger partial charge on any atom is -0.408 e. The second-order valence-corrected chi connectivity index (χ2v) is 5.51. The van der Waals surface area contributed by atoms with Gasteiger partial charge in [0.05, 0.1) is 11.6 Å². The monoisotopic (exact) mass is 350 g/mol. The zero-order valence-corrected chi connectivity index (χ0v) is 12.7. The van der Waals surface area contributed by atoms with Crippen LogP contribution in [0.2, 0.25) is 0 Å². The number of halogens is 2. The van der Waals surface area contributed by atoms with Crippen LogP contribution in [0.25, 0.3) is 11.1 Å². The maximum Gasteiger partial charge on any atom is 0.417 e. The van der Waals surface area contributed by atoms with Crippen LogP contribution in [-0.4, -0.2) is 12.0 Å². The maximum atomic E-state index is 13.5. The van der Waals surface area contributed by atoms with Crippen LogP contribution in [0.1, 0.15) is 17.2 Å². The quantitative estimate of drug-likeness (QED) is 0.761. The highest BCUT2D eigenvalue weighted by Crippen LogP contribution is 2.30. The number of hydrogen-bond donors (Lipinski definition) is 2. The molecule has 6 heteroatoms. The van der Waals surface area contributed by atoms with Gasteiger partial charge >= 0.3 is 5.76 Å². The highest BCUT2D eigenvalue weighted by Gasteiger charge is 2.17. The molecule has 0 saturated heterocycles. The minimum absolute atomic E-state index is 0.223. The van der Waals surface area contributed by atoms with Crippen LogP contribution in [0.3, 0.4) is 0 Å². The predicted molar refractivity (Wildman–Crippen MR) is 81.8 cm³/mol. The Kier molecular flexibility index (Phi) is 3.65. The van der Waals surface area contributed by atoms with E-state index in [1.54, 1.807) is 25.2 Å². The molecule has 2 N–H and O–H groups in total. The molecule has 0 bridgehead atoms. The Bertz CT molecular complexity index is 856. The van der Waals surface area contributed by atoms with Gasteiger partial charge in [-0.1, -0.05) is 22.0 Å². The van der Waals surface area contributed by atoms with Crippen LogP contribution in [0, 0.1) is 5.82 Å². The smallest absolute Gasteiger partial charge is 0.408 e. The lowest BCUT2D eigenvalue weighted by Crippen LogP contribution is -2.18. The van der Waals surface area contributed by atoms with Gasteiger partial charge in [-0.3, -0.25) is 4.98 Å². The summed E-state index contributed by atoms with van der Waals surface area (Å²) < 4.78 is 19.4. The molecule has 0 aliphatic rings. The number of benzene rings is 2. The standard InChI is InChI=1S/C15H12BrFN2O2/c1-18-14(10-7-9(17)3-4-11(10)16)8-2-5-12-13(6-8)21-15(20)19-12/h2-7,14,18H,1H3,(H,19,20). The van der Waals surface area contributed by atoms with E-state index in [0.29, 0.717) is 11.1 Å². The molecule has 3 rings (SSSR count). The number of rotatable bonds is 3. The van der Waals surface area contributed by atoms with Crippen molar-refractivity contribution in [3.8, 4) is 0 Å². The molecule has 1 aromatic heterocycles. The molecule has 21 heavy (non-hydrogen) atoms. The van der Waals surface area contributed by atoms with Crippen molar-refractivity contribution in [2.45, 2.75) is 6.04 Å². The fourth-order valence-electron chi connectivity index (χ4n) is 2.38. The molecule has 4 nitrogen and oxygen atoms in total. The predicted octanol–water partition coefficient (Wildman–Crippen LogP) is 3.33. The Labute approximate surface area is 128 Å². The summed E-state index contributed by atoms with van der Waals surface area (Å²) >= 11 is 3.44. The molecular formula is C15H12BrFN2O2. The average molecular weight is 351 g/mol. The van der Waals surface area contributed by atoms with Gasteiger partial charge in [0.1, 0.15) is 5.82 Å². The third-order valence-corrected chi connectivity index (χ3v) is 4.06. The Morgan fingerprint density at radius 2 is 2.10 bits per heavy atom. The van der Waals surface area contributed by atoms with E-state index in [4.69, 9.17) is 4.42 Å². The first-order valence-electron chi connectivity index (χ1n) is 6.33. The van der Waals surface area contributed by atoms with E-state index in [1.807, 2.05) is 6.07 Å². The van der Waals surface area contributed by atoms with Crippen molar-refractivity contribution in [2.24, 2.45) is 0 Å². The number of oxazole rings is 1. The summed E-state index contributed by atoms with van der Waals surface area (Å²) in [6.45, 7) is 0. The molecule has 1 unspecified atom stereocenters. The zero-order valence-electron chi connectivity index (χ0n) is 11.1. The highest BCUT2D eigenvalue weighted by molar-refractivity contribution is 9.10. The van der Waals surface area contributed by atoms with E-state index in [9.17, 15) is 9.18 Å². The summed E-state index contributed by atoms with van der Waals surface area (Å²) in [5, 5.41) is 3.15. The number of nitrogens with one attached hydrogen (secondary N) is 2. The van der Waals surface area contributed by atoms with Crippen LogP contribution >= 0.6 is 15.9 Å². The summed E-state index contributed by atoms with van der Waals surface area (Å²) in [5.74, 6) is -0.794. The van der Waals surface area contributed by atoms with Gasteiger partial charge in [-0.2, -0.15) is 0 Å². The fraction of sp³-hybridized carbons (Fsp3) is 0.133. The molecule has 1 atom stereocenters. The van der Waals surface area contributed by atoms with Crippen molar-refractivity contribution >= 4 is 27.0 Å². The Hall–Kier alpha value is -1.92. The van der Waals surface area contributed by atoms with E-state index in [-0.39, 0.29) is 11.9 Å². The maximum absolute atomic E-state index is 13.5. The highest BCUT2D eigenvalue weighted by atomic mass is 79.9. The van der Waals surface area contributed by atoms with Crippen LogP contribution < -0.4 is 11.1 Å². The molecule has 3 aromatic rings. The summed E-state index contributed by atoms with van der Waals surface area (Å²) in [5.41, 5.74) is 2.76. The number of aromatic amines is 1. The van der Waals surface area contributed by atoms with E-state index in [2.05, 4.69) is 26.2 Å². The summed E-state index contributed by atoms with van der Waals surface area (Å²) in [6, 6.07) is 9.73. The summed E-state index contributed by atoms with van der Waals surface area (Å²) in [4.78, 5) is 13.8. The number of fused-ring (bicyclic) bond motifs is 1. The SMILES string of the molecule is CNC(c1ccc2[nH]c(=O)oc2c1)c1cc(F)ccc1Br. The Morgan fingerprint density at radius 3 is 2.86 bits per heavy atom.